The standard InChI is InChI=1S/C14H20O4/c1-3-5-6-9(4-2)14(18)10-7-12(16)13(17)8-11(10)15/h7-9,15-17H,3-6H2,1-2H3. The summed E-state index contributed by atoms with van der Waals surface area (Å²) in [5.41, 5.74) is 0.0771. The van der Waals surface area contributed by atoms with Gasteiger partial charge in [0.25, 0.3) is 0 Å². The second-order valence-electron chi connectivity index (χ2n) is 4.47. The van der Waals surface area contributed by atoms with Crippen molar-refractivity contribution in [3.8, 4) is 17.2 Å². The van der Waals surface area contributed by atoms with Crippen molar-refractivity contribution in [3.63, 3.8) is 0 Å². The second-order valence-corrected chi connectivity index (χ2v) is 4.47. The molecule has 4 nitrogen and oxygen atoms in total. The molecule has 1 atom stereocenters. The van der Waals surface area contributed by atoms with Gasteiger partial charge in [-0.15, -0.1) is 0 Å². The molecule has 4 heteroatoms. The van der Waals surface area contributed by atoms with Crippen molar-refractivity contribution in [3.05, 3.63) is 17.7 Å². The minimum atomic E-state index is -0.425. The van der Waals surface area contributed by atoms with E-state index in [1.807, 2.05) is 6.92 Å². The minimum absolute atomic E-state index is 0.0771. The summed E-state index contributed by atoms with van der Waals surface area (Å²) in [6.07, 6.45) is 3.43. The Bertz CT molecular complexity index is 426. The van der Waals surface area contributed by atoms with Crippen molar-refractivity contribution in [2.24, 2.45) is 5.92 Å². The highest BCUT2D eigenvalue weighted by Crippen LogP contribution is 2.34. The van der Waals surface area contributed by atoms with Crippen LogP contribution < -0.4 is 0 Å². The number of carbonyl (C=O) groups is 1. The summed E-state index contributed by atoms with van der Waals surface area (Å²) >= 11 is 0. The third kappa shape index (κ3) is 3.15. The molecule has 0 fully saturated rings. The number of phenols is 3. The molecule has 0 amide bonds. The summed E-state index contributed by atoms with van der Waals surface area (Å²) in [6, 6.07) is 2.12. The van der Waals surface area contributed by atoms with E-state index < -0.39 is 5.75 Å². The lowest BCUT2D eigenvalue weighted by Crippen LogP contribution is -2.14. The van der Waals surface area contributed by atoms with Crippen molar-refractivity contribution in [2.45, 2.75) is 39.5 Å². The van der Waals surface area contributed by atoms with Crippen molar-refractivity contribution < 1.29 is 20.1 Å². The highest BCUT2D eigenvalue weighted by Gasteiger charge is 2.22. The van der Waals surface area contributed by atoms with E-state index in [0.29, 0.717) is 6.42 Å². The van der Waals surface area contributed by atoms with E-state index in [0.717, 1.165) is 31.4 Å². The Kier molecular flexibility index (Phi) is 5.01. The van der Waals surface area contributed by atoms with E-state index in [-0.39, 0.29) is 28.8 Å². The number of ketones is 1. The van der Waals surface area contributed by atoms with E-state index in [1.165, 1.54) is 0 Å². The Balaban J connectivity index is 2.98. The normalized spacial score (nSPS) is 12.3. The smallest absolute Gasteiger partial charge is 0.169 e. The molecule has 100 valence electrons. The minimum Gasteiger partial charge on any atom is -0.507 e. The predicted molar refractivity (Wildman–Crippen MR) is 69.1 cm³/mol. The van der Waals surface area contributed by atoms with Crippen LogP contribution >= 0.6 is 0 Å². The van der Waals surface area contributed by atoms with Crippen LogP contribution in [0.25, 0.3) is 0 Å². The molecule has 0 heterocycles. The van der Waals surface area contributed by atoms with Crippen LogP contribution in [0.2, 0.25) is 0 Å². The molecule has 0 aliphatic carbocycles. The van der Waals surface area contributed by atoms with Crippen molar-refractivity contribution in [1.29, 1.82) is 0 Å². The summed E-state index contributed by atoms with van der Waals surface area (Å²) in [6.45, 7) is 3.98. The molecule has 1 unspecified atom stereocenters. The van der Waals surface area contributed by atoms with Gasteiger partial charge in [0.2, 0.25) is 0 Å². The van der Waals surface area contributed by atoms with Gasteiger partial charge in [0.15, 0.2) is 17.3 Å². The van der Waals surface area contributed by atoms with Crippen LogP contribution in [0, 0.1) is 5.92 Å². The number of rotatable bonds is 6. The van der Waals surface area contributed by atoms with Crippen LogP contribution in [-0.4, -0.2) is 21.1 Å². The lowest BCUT2D eigenvalue weighted by Gasteiger charge is -2.14. The van der Waals surface area contributed by atoms with Crippen molar-refractivity contribution in [1.82, 2.24) is 0 Å². The fraction of sp³-hybridized carbons (Fsp3) is 0.500. The van der Waals surface area contributed by atoms with Gasteiger partial charge in [0.05, 0.1) is 5.56 Å². The maximum Gasteiger partial charge on any atom is 0.169 e. The highest BCUT2D eigenvalue weighted by molar-refractivity contribution is 6.00. The molecule has 1 rings (SSSR count). The van der Waals surface area contributed by atoms with Crippen LogP contribution in [0.4, 0.5) is 0 Å². The van der Waals surface area contributed by atoms with Gasteiger partial charge in [0, 0.05) is 12.0 Å². The Morgan fingerprint density at radius 1 is 1.11 bits per heavy atom. The first-order valence-electron chi connectivity index (χ1n) is 6.30. The molecule has 1 aromatic carbocycles. The fourth-order valence-electron chi connectivity index (χ4n) is 1.95. The van der Waals surface area contributed by atoms with E-state index in [1.54, 1.807) is 0 Å². The van der Waals surface area contributed by atoms with Gasteiger partial charge < -0.3 is 15.3 Å². The van der Waals surface area contributed by atoms with E-state index in [4.69, 9.17) is 0 Å². The molecule has 0 bridgehead atoms. The topological polar surface area (TPSA) is 77.8 Å². The molecule has 0 aliphatic rings. The Morgan fingerprint density at radius 2 is 1.72 bits per heavy atom. The maximum atomic E-state index is 12.2. The van der Waals surface area contributed by atoms with Crippen LogP contribution in [0.15, 0.2) is 12.1 Å². The highest BCUT2D eigenvalue weighted by atomic mass is 16.3. The zero-order chi connectivity index (χ0) is 13.7. The van der Waals surface area contributed by atoms with Crippen LogP contribution in [0.3, 0.4) is 0 Å². The molecule has 0 spiro atoms. The van der Waals surface area contributed by atoms with Crippen molar-refractivity contribution >= 4 is 5.78 Å². The van der Waals surface area contributed by atoms with Gasteiger partial charge in [-0.05, 0) is 18.9 Å². The van der Waals surface area contributed by atoms with Crippen LogP contribution in [0.1, 0.15) is 49.9 Å². The van der Waals surface area contributed by atoms with Crippen LogP contribution in [0.5, 0.6) is 17.2 Å². The molecule has 0 aliphatic heterocycles. The Morgan fingerprint density at radius 3 is 2.28 bits per heavy atom. The molecule has 18 heavy (non-hydrogen) atoms. The number of Topliss-reactive ketones (excluding diaryl/α,β-unsaturated/α-hetero) is 1. The first-order valence-corrected chi connectivity index (χ1v) is 6.30. The Labute approximate surface area is 107 Å². The SMILES string of the molecule is CCCCC(CC)C(=O)c1cc(O)c(O)cc1O. The third-order valence-corrected chi connectivity index (χ3v) is 3.13. The summed E-state index contributed by atoms with van der Waals surface area (Å²) in [7, 11) is 0. The molecular weight excluding hydrogens is 232 g/mol. The quantitative estimate of drug-likeness (QED) is 0.413. The number of hydrogen-bond acceptors (Lipinski definition) is 4. The molecule has 0 radical (unpaired) electrons. The number of unbranched alkanes of at least 4 members (excludes halogenated alkanes) is 1. The fourth-order valence-corrected chi connectivity index (χ4v) is 1.95. The average molecular weight is 252 g/mol. The van der Waals surface area contributed by atoms with Gasteiger partial charge in [0.1, 0.15) is 5.75 Å². The van der Waals surface area contributed by atoms with Gasteiger partial charge in [-0.25, -0.2) is 0 Å². The monoisotopic (exact) mass is 252 g/mol. The molecule has 1 aromatic rings. The average Bonchev–Trinajstić information content (AvgIpc) is 2.34. The van der Waals surface area contributed by atoms with Crippen molar-refractivity contribution in [2.75, 3.05) is 0 Å². The van der Waals surface area contributed by atoms with Crippen LogP contribution in [-0.2, 0) is 0 Å². The van der Waals surface area contributed by atoms with Gasteiger partial charge in [-0.1, -0.05) is 26.7 Å². The summed E-state index contributed by atoms with van der Waals surface area (Å²) < 4.78 is 0. The summed E-state index contributed by atoms with van der Waals surface area (Å²) in [5.74, 6) is -1.43. The summed E-state index contributed by atoms with van der Waals surface area (Å²) in [5, 5.41) is 28.3. The van der Waals surface area contributed by atoms with E-state index in [9.17, 15) is 20.1 Å². The number of phenolic OH excluding ortho intramolecular Hbond substituents is 3. The first kappa shape index (κ1) is 14.4. The van der Waals surface area contributed by atoms with Gasteiger partial charge in [-0.3, -0.25) is 4.79 Å². The zero-order valence-electron chi connectivity index (χ0n) is 10.8. The first-order chi connectivity index (χ1) is 8.51. The molecule has 0 aromatic heterocycles. The number of aromatic hydroxyl groups is 3. The molecular formula is C14H20O4. The molecule has 0 saturated heterocycles. The zero-order valence-corrected chi connectivity index (χ0v) is 10.8. The maximum absolute atomic E-state index is 12.2. The number of hydrogen-bond donors (Lipinski definition) is 3. The molecule has 0 saturated carbocycles. The third-order valence-electron chi connectivity index (χ3n) is 3.13. The Hall–Kier alpha value is -1.71. The van der Waals surface area contributed by atoms with Gasteiger partial charge in [-0.2, -0.15) is 0 Å². The summed E-state index contributed by atoms with van der Waals surface area (Å²) in [4.78, 5) is 12.2. The second kappa shape index (κ2) is 6.28. The number of carbonyl (C=O) groups excluding carboxylic acids is 1. The van der Waals surface area contributed by atoms with E-state index in [2.05, 4.69) is 6.92 Å². The van der Waals surface area contributed by atoms with Gasteiger partial charge >= 0.3 is 0 Å². The lowest BCUT2D eigenvalue weighted by atomic mass is 9.90. The molecule has 3 N–H and O–H groups in total. The largest absolute Gasteiger partial charge is 0.507 e. The lowest BCUT2D eigenvalue weighted by molar-refractivity contribution is 0.0905. The van der Waals surface area contributed by atoms with E-state index >= 15 is 0 Å². The predicted octanol–water partition coefficient (Wildman–Crippen LogP) is 3.20. The number of benzene rings is 1.